The first-order valence-corrected chi connectivity index (χ1v) is 8.21. The number of methoxy groups -OCH3 is 1. The zero-order chi connectivity index (χ0) is 18.8. The highest BCUT2D eigenvalue weighted by Gasteiger charge is 2.14. The molecule has 0 bridgehead atoms. The van der Waals surface area contributed by atoms with Crippen LogP contribution in [-0.4, -0.2) is 37.8 Å². The standard InChI is InChI=1S/C18H16N6O3/c1-11-20-18(27-23-11)12-7-8-24-15(9-12)21-22-16(24)10-19-17(25)13-5-3-4-6-14(13)26-2/h3-9H,10H2,1-2H3,(H,19,25). The van der Waals surface area contributed by atoms with Gasteiger partial charge in [0.05, 0.1) is 19.2 Å². The lowest BCUT2D eigenvalue weighted by molar-refractivity contribution is 0.0946. The minimum atomic E-state index is -0.248. The molecule has 0 radical (unpaired) electrons. The second-order valence-corrected chi connectivity index (χ2v) is 5.79. The van der Waals surface area contributed by atoms with Gasteiger partial charge in [0, 0.05) is 11.8 Å². The van der Waals surface area contributed by atoms with Crippen molar-refractivity contribution in [1.82, 2.24) is 30.1 Å². The van der Waals surface area contributed by atoms with Crippen molar-refractivity contribution in [3.63, 3.8) is 0 Å². The third-order valence-electron chi connectivity index (χ3n) is 4.01. The molecule has 0 saturated carbocycles. The number of benzene rings is 1. The zero-order valence-corrected chi connectivity index (χ0v) is 14.7. The zero-order valence-electron chi connectivity index (χ0n) is 14.7. The second kappa shape index (κ2) is 6.87. The van der Waals surface area contributed by atoms with E-state index in [1.165, 1.54) is 7.11 Å². The second-order valence-electron chi connectivity index (χ2n) is 5.79. The summed E-state index contributed by atoms with van der Waals surface area (Å²) in [5, 5.41) is 14.9. The molecule has 3 heterocycles. The molecule has 0 atom stereocenters. The molecule has 0 aliphatic carbocycles. The molecule has 1 amide bonds. The van der Waals surface area contributed by atoms with Gasteiger partial charge in [-0.2, -0.15) is 4.98 Å². The number of fused-ring (bicyclic) bond motifs is 1. The maximum absolute atomic E-state index is 12.4. The molecule has 0 saturated heterocycles. The molecule has 4 aromatic rings. The van der Waals surface area contributed by atoms with Crippen molar-refractivity contribution in [3.8, 4) is 17.2 Å². The molecule has 3 aromatic heterocycles. The van der Waals surface area contributed by atoms with Crippen LogP contribution in [0.4, 0.5) is 0 Å². The fraction of sp³-hybridized carbons (Fsp3) is 0.167. The van der Waals surface area contributed by atoms with Crippen molar-refractivity contribution in [1.29, 1.82) is 0 Å². The van der Waals surface area contributed by atoms with E-state index in [0.717, 1.165) is 5.56 Å². The summed E-state index contributed by atoms with van der Waals surface area (Å²) in [6, 6.07) is 10.7. The van der Waals surface area contributed by atoms with Gasteiger partial charge in [-0.3, -0.25) is 9.20 Å². The number of rotatable bonds is 5. The molecule has 1 aromatic carbocycles. The average molecular weight is 364 g/mol. The molecule has 27 heavy (non-hydrogen) atoms. The summed E-state index contributed by atoms with van der Waals surface area (Å²) < 4.78 is 12.2. The monoisotopic (exact) mass is 364 g/mol. The van der Waals surface area contributed by atoms with Gasteiger partial charge in [0.25, 0.3) is 11.8 Å². The Morgan fingerprint density at radius 3 is 2.89 bits per heavy atom. The first-order chi connectivity index (χ1) is 13.2. The van der Waals surface area contributed by atoms with E-state index >= 15 is 0 Å². The number of hydrogen-bond acceptors (Lipinski definition) is 7. The normalized spacial score (nSPS) is 10.9. The highest BCUT2D eigenvalue weighted by Crippen LogP contribution is 2.19. The Kier molecular flexibility index (Phi) is 4.25. The predicted molar refractivity (Wildman–Crippen MR) is 95.2 cm³/mol. The van der Waals surface area contributed by atoms with Crippen LogP contribution >= 0.6 is 0 Å². The van der Waals surface area contributed by atoms with Crippen LogP contribution in [-0.2, 0) is 6.54 Å². The third kappa shape index (κ3) is 3.22. The maximum atomic E-state index is 12.4. The van der Waals surface area contributed by atoms with Crippen molar-refractivity contribution in [2.45, 2.75) is 13.5 Å². The Bertz CT molecular complexity index is 1120. The Morgan fingerprint density at radius 1 is 1.26 bits per heavy atom. The van der Waals surface area contributed by atoms with E-state index in [9.17, 15) is 4.79 Å². The smallest absolute Gasteiger partial charge is 0.258 e. The number of carbonyl (C=O) groups is 1. The third-order valence-corrected chi connectivity index (χ3v) is 4.01. The van der Waals surface area contributed by atoms with E-state index in [1.807, 2.05) is 12.1 Å². The molecule has 0 spiro atoms. The Labute approximate surface area is 154 Å². The maximum Gasteiger partial charge on any atom is 0.258 e. The van der Waals surface area contributed by atoms with Crippen LogP contribution < -0.4 is 10.1 Å². The van der Waals surface area contributed by atoms with Gasteiger partial charge in [0.15, 0.2) is 17.3 Å². The highest BCUT2D eigenvalue weighted by atomic mass is 16.5. The van der Waals surface area contributed by atoms with E-state index in [0.29, 0.717) is 34.5 Å². The van der Waals surface area contributed by atoms with Crippen LogP contribution in [0.15, 0.2) is 47.1 Å². The van der Waals surface area contributed by atoms with Gasteiger partial charge in [-0.25, -0.2) is 0 Å². The van der Waals surface area contributed by atoms with Crippen molar-refractivity contribution in [2.24, 2.45) is 0 Å². The summed E-state index contributed by atoms with van der Waals surface area (Å²) in [4.78, 5) is 16.6. The number of aromatic nitrogens is 5. The number of aryl methyl sites for hydroxylation is 1. The molecule has 9 nitrogen and oxygen atoms in total. The van der Waals surface area contributed by atoms with E-state index in [2.05, 4.69) is 25.7 Å². The number of carbonyl (C=O) groups excluding carboxylic acids is 1. The minimum Gasteiger partial charge on any atom is -0.496 e. The predicted octanol–water partition coefficient (Wildman–Crippen LogP) is 2.03. The Balaban J connectivity index is 1.53. The SMILES string of the molecule is COc1ccccc1C(=O)NCc1nnc2cc(-c3nc(C)no3)ccn12. The molecular weight excluding hydrogens is 348 g/mol. The number of amides is 1. The summed E-state index contributed by atoms with van der Waals surface area (Å²) in [7, 11) is 1.53. The van der Waals surface area contributed by atoms with Crippen molar-refractivity contribution < 1.29 is 14.1 Å². The number of nitrogens with one attached hydrogen (secondary N) is 1. The summed E-state index contributed by atoms with van der Waals surface area (Å²) in [5.74, 6) is 1.85. The van der Waals surface area contributed by atoms with Crippen molar-refractivity contribution >= 4 is 11.6 Å². The Hall–Kier alpha value is -3.75. The van der Waals surface area contributed by atoms with E-state index in [1.54, 1.807) is 41.8 Å². The number of hydrogen-bond donors (Lipinski definition) is 1. The van der Waals surface area contributed by atoms with E-state index in [4.69, 9.17) is 9.26 Å². The van der Waals surface area contributed by atoms with Gasteiger partial charge in [-0.15, -0.1) is 10.2 Å². The van der Waals surface area contributed by atoms with Crippen LogP contribution in [0.1, 0.15) is 22.0 Å². The van der Waals surface area contributed by atoms with Gasteiger partial charge in [-0.05, 0) is 31.2 Å². The van der Waals surface area contributed by atoms with Gasteiger partial charge < -0.3 is 14.6 Å². The minimum absolute atomic E-state index is 0.219. The van der Waals surface area contributed by atoms with Crippen LogP contribution in [0, 0.1) is 6.92 Å². The first-order valence-electron chi connectivity index (χ1n) is 8.21. The number of nitrogens with zero attached hydrogens (tertiary/aromatic N) is 5. The molecule has 0 aliphatic heterocycles. The average Bonchev–Trinajstić information content (AvgIpc) is 3.31. The van der Waals surface area contributed by atoms with Gasteiger partial charge in [-0.1, -0.05) is 17.3 Å². The molecule has 9 heteroatoms. The Morgan fingerprint density at radius 2 is 2.11 bits per heavy atom. The largest absolute Gasteiger partial charge is 0.496 e. The molecule has 136 valence electrons. The van der Waals surface area contributed by atoms with Crippen molar-refractivity contribution in [2.75, 3.05) is 7.11 Å². The first kappa shape index (κ1) is 16.7. The van der Waals surface area contributed by atoms with Gasteiger partial charge in [0.2, 0.25) is 0 Å². The lowest BCUT2D eigenvalue weighted by atomic mass is 10.2. The van der Waals surface area contributed by atoms with Gasteiger partial charge in [0.1, 0.15) is 5.75 Å². The van der Waals surface area contributed by atoms with Crippen LogP contribution in [0.5, 0.6) is 5.75 Å². The molecular formula is C18H16N6O3. The highest BCUT2D eigenvalue weighted by molar-refractivity contribution is 5.96. The molecule has 4 rings (SSSR count). The number of para-hydroxylation sites is 1. The molecule has 1 N–H and O–H groups in total. The fourth-order valence-electron chi connectivity index (χ4n) is 2.70. The van der Waals surface area contributed by atoms with Crippen molar-refractivity contribution in [3.05, 3.63) is 59.8 Å². The fourth-order valence-corrected chi connectivity index (χ4v) is 2.70. The summed E-state index contributed by atoms with van der Waals surface area (Å²) >= 11 is 0. The number of pyridine rings is 1. The van der Waals surface area contributed by atoms with Gasteiger partial charge >= 0.3 is 0 Å². The van der Waals surface area contributed by atoms with Crippen LogP contribution in [0.2, 0.25) is 0 Å². The number of ether oxygens (including phenoxy) is 1. The summed E-state index contributed by atoms with van der Waals surface area (Å²) in [5.41, 5.74) is 1.83. The van der Waals surface area contributed by atoms with E-state index < -0.39 is 0 Å². The lowest BCUT2D eigenvalue weighted by Crippen LogP contribution is -2.24. The van der Waals surface area contributed by atoms with Crippen LogP contribution in [0.3, 0.4) is 0 Å². The summed E-state index contributed by atoms with van der Waals surface area (Å²) in [6.45, 7) is 1.97. The molecule has 0 aliphatic rings. The quantitative estimate of drug-likeness (QED) is 0.577. The summed E-state index contributed by atoms with van der Waals surface area (Å²) in [6.07, 6.45) is 1.80. The topological polar surface area (TPSA) is 107 Å². The van der Waals surface area contributed by atoms with E-state index in [-0.39, 0.29) is 12.5 Å². The lowest BCUT2D eigenvalue weighted by Gasteiger charge is -2.08. The molecule has 0 fully saturated rings. The van der Waals surface area contributed by atoms with Crippen LogP contribution in [0.25, 0.3) is 17.1 Å². The molecule has 0 unspecified atom stereocenters.